The number of aromatic nitrogens is 2. The van der Waals surface area contributed by atoms with Crippen molar-refractivity contribution in [2.24, 2.45) is 12.0 Å². The topological polar surface area (TPSA) is 48.7 Å². The molecule has 1 aromatic carbocycles. The van der Waals surface area contributed by atoms with E-state index in [0.29, 0.717) is 6.54 Å². The summed E-state index contributed by atoms with van der Waals surface area (Å²) >= 11 is 3.59. The zero-order chi connectivity index (χ0) is 17.7. The van der Waals surface area contributed by atoms with E-state index in [1.165, 1.54) is 5.56 Å². The summed E-state index contributed by atoms with van der Waals surface area (Å²) in [6.45, 7) is 1.44. The number of halogens is 1. The smallest absolute Gasteiger partial charge is 0.204 e. The molecule has 0 spiro atoms. The van der Waals surface area contributed by atoms with Crippen LogP contribution in [-0.2, 0) is 20.1 Å². The van der Waals surface area contributed by atoms with Crippen LogP contribution in [0.1, 0.15) is 11.3 Å². The zero-order valence-electron chi connectivity index (χ0n) is 14.9. The van der Waals surface area contributed by atoms with Crippen molar-refractivity contribution in [2.45, 2.75) is 13.1 Å². The lowest BCUT2D eigenvalue weighted by Gasteiger charge is -2.23. The summed E-state index contributed by atoms with van der Waals surface area (Å²) in [7, 11) is 9.83. The average molecular weight is 393 g/mol. The molecule has 0 bridgehead atoms. The van der Waals surface area contributed by atoms with Gasteiger partial charge in [0, 0.05) is 46.3 Å². The number of guanidine groups is 1. The van der Waals surface area contributed by atoms with Crippen LogP contribution in [0.15, 0.2) is 39.9 Å². The standard InChI is InChI=1S/C17H25BrN6/c1-19-16(23(4)12-13-8-6-7-9-15(13)18)20-10-14-11-21-17(22(2)3)24(14)5/h6-9,11H,10,12H2,1-5H3,(H,19,20). The summed E-state index contributed by atoms with van der Waals surface area (Å²) in [5.74, 6) is 1.78. The van der Waals surface area contributed by atoms with Crippen LogP contribution in [0, 0.1) is 0 Å². The predicted molar refractivity (Wildman–Crippen MR) is 103 cm³/mol. The molecule has 0 saturated carbocycles. The third-order valence-corrected chi connectivity index (χ3v) is 4.60. The molecule has 24 heavy (non-hydrogen) atoms. The molecule has 0 aliphatic heterocycles. The Morgan fingerprint density at radius 1 is 1.29 bits per heavy atom. The lowest BCUT2D eigenvalue weighted by atomic mass is 10.2. The molecule has 1 aromatic heterocycles. The first-order valence-electron chi connectivity index (χ1n) is 7.77. The molecule has 7 heteroatoms. The highest BCUT2D eigenvalue weighted by Gasteiger charge is 2.11. The number of hydrogen-bond acceptors (Lipinski definition) is 3. The van der Waals surface area contributed by atoms with Crippen LogP contribution in [0.4, 0.5) is 5.95 Å². The van der Waals surface area contributed by atoms with Crippen LogP contribution in [0.2, 0.25) is 0 Å². The number of nitrogens with zero attached hydrogens (tertiary/aromatic N) is 5. The van der Waals surface area contributed by atoms with Gasteiger partial charge in [0.1, 0.15) is 0 Å². The molecule has 0 aliphatic carbocycles. The van der Waals surface area contributed by atoms with Crippen LogP contribution < -0.4 is 10.2 Å². The second kappa shape index (κ2) is 8.19. The number of benzene rings is 1. The van der Waals surface area contributed by atoms with Crippen molar-refractivity contribution in [3.63, 3.8) is 0 Å². The van der Waals surface area contributed by atoms with E-state index in [2.05, 4.69) is 52.8 Å². The van der Waals surface area contributed by atoms with Crippen molar-refractivity contribution in [1.29, 1.82) is 0 Å². The molecule has 0 aliphatic rings. The summed E-state index contributed by atoms with van der Waals surface area (Å²) in [6.07, 6.45) is 1.89. The highest BCUT2D eigenvalue weighted by atomic mass is 79.9. The van der Waals surface area contributed by atoms with Gasteiger partial charge in [-0.25, -0.2) is 4.98 Å². The molecule has 1 heterocycles. The van der Waals surface area contributed by atoms with E-state index in [0.717, 1.165) is 28.6 Å². The summed E-state index contributed by atoms with van der Waals surface area (Å²) in [6, 6.07) is 8.23. The minimum Gasteiger partial charge on any atom is -0.351 e. The zero-order valence-corrected chi connectivity index (χ0v) is 16.5. The second-order valence-electron chi connectivity index (χ2n) is 5.85. The fourth-order valence-electron chi connectivity index (χ4n) is 2.52. The van der Waals surface area contributed by atoms with Gasteiger partial charge in [0.05, 0.1) is 18.4 Å². The maximum absolute atomic E-state index is 4.43. The van der Waals surface area contributed by atoms with E-state index < -0.39 is 0 Å². The quantitative estimate of drug-likeness (QED) is 0.626. The maximum Gasteiger partial charge on any atom is 0.204 e. The fraction of sp³-hybridized carbons (Fsp3) is 0.412. The third kappa shape index (κ3) is 4.29. The van der Waals surface area contributed by atoms with Crippen LogP contribution in [-0.4, -0.2) is 48.6 Å². The summed E-state index contributed by atoms with van der Waals surface area (Å²) in [4.78, 5) is 12.9. The van der Waals surface area contributed by atoms with Gasteiger partial charge >= 0.3 is 0 Å². The summed E-state index contributed by atoms with van der Waals surface area (Å²) in [5, 5.41) is 3.40. The van der Waals surface area contributed by atoms with Crippen molar-refractivity contribution in [3.05, 3.63) is 46.2 Å². The summed E-state index contributed by atoms with van der Waals surface area (Å²) < 4.78 is 3.18. The number of aliphatic imine (C=N–C) groups is 1. The SMILES string of the molecule is CN=C(NCc1cnc(N(C)C)n1C)N(C)Cc1ccccc1Br. The van der Waals surface area contributed by atoms with Gasteiger partial charge in [0.15, 0.2) is 5.96 Å². The molecular weight excluding hydrogens is 368 g/mol. The van der Waals surface area contributed by atoms with E-state index >= 15 is 0 Å². The Kier molecular flexibility index (Phi) is 6.25. The Hall–Kier alpha value is -2.02. The molecule has 0 fully saturated rings. The van der Waals surface area contributed by atoms with Crippen molar-refractivity contribution >= 4 is 27.8 Å². The number of anilines is 1. The molecule has 6 nitrogen and oxygen atoms in total. The Bertz CT molecular complexity index is 707. The lowest BCUT2D eigenvalue weighted by Crippen LogP contribution is -2.38. The van der Waals surface area contributed by atoms with Gasteiger partial charge in [-0.05, 0) is 11.6 Å². The lowest BCUT2D eigenvalue weighted by molar-refractivity contribution is 0.474. The second-order valence-corrected chi connectivity index (χ2v) is 6.71. The number of rotatable bonds is 5. The minimum absolute atomic E-state index is 0.671. The monoisotopic (exact) mass is 392 g/mol. The first-order valence-corrected chi connectivity index (χ1v) is 8.56. The summed E-state index contributed by atoms with van der Waals surface area (Å²) in [5.41, 5.74) is 2.33. The van der Waals surface area contributed by atoms with E-state index in [9.17, 15) is 0 Å². The fourth-order valence-corrected chi connectivity index (χ4v) is 2.94. The molecule has 0 radical (unpaired) electrons. The molecule has 130 valence electrons. The molecule has 1 N–H and O–H groups in total. The number of nitrogens with one attached hydrogen (secondary N) is 1. The molecule has 0 amide bonds. The Balaban J connectivity index is 2.01. The average Bonchev–Trinajstić information content (AvgIpc) is 2.91. The first kappa shape index (κ1) is 18.3. The Labute approximate surface area is 152 Å². The van der Waals surface area contributed by atoms with Crippen LogP contribution in [0.5, 0.6) is 0 Å². The van der Waals surface area contributed by atoms with E-state index in [1.807, 2.05) is 51.4 Å². The van der Waals surface area contributed by atoms with Crippen molar-refractivity contribution < 1.29 is 0 Å². The highest BCUT2D eigenvalue weighted by Crippen LogP contribution is 2.17. The van der Waals surface area contributed by atoms with E-state index in [-0.39, 0.29) is 0 Å². The highest BCUT2D eigenvalue weighted by molar-refractivity contribution is 9.10. The first-order chi connectivity index (χ1) is 11.4. The number of hydrogen-bond donors (Lipinski definition) is 1. The minimum atomic E-state index is 0.671. The van der Waals surface area contributed by atoms with Gasteiger partial charge < -0.3 is 19.7 Å². The third-order valence-electron chi connectivity index (χ3n) is 3.83. The molecule has 0 unspecified atom stereocenters. The van der Waals surface area contributed by atoms with E-state index in [4.69, 9.17) is 0 Å². The molecule has 0 saturated heterocycles. The van der Waals surface area contributed by atoms with Crippen LogP contribution in [0.3, 0.4) is 0 Å². The predicted octanol–water partition coefficient (Wildman–Crippen LogP) is 2.46. The van der Waals surface area contributed by atoms with Crippen molar-refractivity contribution in [1.82, 2.24) is 19.8 Å². The van der Waals surface area contributed by atoms with Gasteiger partial charge in [0.2, 0.25) is 5.95 Å². The molecule has 2 rings (SSSR count). The largest absolute Gasteiger partial charge is 0.351 e. The normalized spacial score (nSPS) is 11.5. The van der Waals surface area contributed by atoms with Gasteiger partial charge in [-0.15, -0.1) is 0 Å². The van der Waals surface area contributed by atoms with Gasteiger partial charge in [-0.3, -0.25) is 4.99 Å². The number of imidazole rings is 1. The Morgan fingerprint density at radius 3 is 2.58 bits per heavy atom. The maximum atomic E-state index is 4.43. The van der Waals surface area contributed by atoms with Gasteiger partial charge in [-0.1, -0.05) is 34.1 Å². The van der Waals surface area contributed by atoms with Crippen molar-refractivity contribution in [2.75, 3.05) is 33.1 Å². The Morgan fingerprint density at radius 2 is 2.00 bits per heavy atom. The molecular formula is C17H25BrN6. The van der Waals surface area contributed by atoms with E-state index in [1.54, 1.807) is 7.05 Å². The molecule has 2 aromatic rings. The van der Waals surface area contributed by atoms with Crippen LogP contribution >= 0.6 is 15.9 Å². The molecule has 0 atom stereocenters. The van der Waals surface area contributed by atoms with Crippen molar-refractivity contribution in [3.8, 4) is 0 Å². The van der Waals surface area contributed by atoms with Crippen LogP contribution in [0.25, 0.3) is 0 Å². The van der Waals surface area contributed by atoms with Gasteiger partial charge in [-0.2, -0.15) is 0 Å². The van der Waals surface area contributed by atoms with Gasteiger partial charge in [0.25, 0.3) is 0 Å².